The van der Waals surface area contributed by atoms with Crippen molar-refractivity contribution in [3.05, 3.63) is 39.3 Å². The summed E-state index contributed by atoms with van der Waals surface area (Å²) in [5.41, 5.74) is 4.28. The molecular weight excluding hydrogens is 310 g/mol. The zero-order valence-electron chi connectivity index (χ0n) is 13.3. The predicted molar refractivity (Wildman–Crippen MR) is 88.4 cm³/mol. The average Bonchev–Trinajstić information content (AvgIpc) is 3.09. The van der Waals surface area contributed by atoms with Crippen molar-refractivity contribution in [3.63, 3.8) is 0 Å². The molecule has 23 heavy (non-hydrogen) atoms. The zero-order chi connectivity index (χ0) is 15.8. The van der Waals surface area contributed by atoms with Crippen molar-refractivity contribution in [2.24, 2.45) is 5.92 Å². The molecule has 0 radical (unpaired) electrons. The molecule has 1 fully saturated rings. The molecular formula is C17H21N3O2S. The molecule has 1 aliphatic carbocycles. The first kappa shape index (κ1) is 14.9. The van der Waals surface area contributed by atoms with E-state index in [2.05, 4.69) is 4.68 Å². The third kappa shape index (κ3) is 2.93. The van der Waals surface area contributed by atoms with Gasteiger partial charge in [-0.3, -0.25) is 9.48 Å². The van der Waals surface area contributed by atoms with Crippen molar-refractivity contribution < 1.29 is 9.53 Å². The largest absolute Gasteiger partial charge is 0.378 e. The number of rotatable bonds is 5. The summed E-state index contributed by atoms with van der Waals surface area (Å²) in [6, 6.07) is 1.90. The van der Waals surface area contributed by atoms with Crippen LogP contribution in [0.4, 0.5) is 0 Å². The fraction of sp³-hybridized carbons (Fsp3) is 0.529. The molecule has 0 atom stereocenters. The summed E-state index contributed by atoms with van der Waals surface area (Å²) in [6.45, 7) is 2.95. The van der Waals surface area contributed by atoms with E-state index >= 15 is 0 Å². The van der Waals surface area contributed by atoms with Gasteiger partial charge in [0, 0.05) is 49.8 Å². The predicted octanol–water partition coefficient (Wildman–Crippen LogP) is 2.70. The van der Waals surface area contributed by atoms with E-state index in [1.165, 1.54) is 24.1 Å². The van der Waals surface area contributed by atoms with E-state index in [9.17, 15) is 4.79 Å². The second-order valence-electron chi connectivity index (χ2n) is 6.42. The van der Waals surface area contributed by atoms with Gasteiger partial charge in [0.15, 0.2) is 0 Å². The number of hydrogen-bond donors (Lipinski definition) is 0. The van der Waals surface area contributed by atoms with Crippen LogP contribution in [0.15, 0.2) is 16.8 Å². The lowest BCUT2D eigenvalue weighted by molar-refractivity contribution is 0.0732. The van der Waals surface area contributed by atoms with Gasteiger partial charge in [0.2, 0.25) is 0 Å². The highest BCUT2D eigenvalue weighted by Gasteiger charge is 2.30. The van der Waals surface area contributed by atoms with Crippen LogP contribution in [0.1, 0.15) is 40.2 Å². The second kappa shape index (κ2) is 6.09. The van der Waals surface area contributed by atoms with E-state index in [0.29, 0.717) is 13.2 Å². The fourth-order valence-electron chi connectivity index (χ4n) is 3.25. The number of ether oxygens (including phenoxy) is 1. The molecule has 1 saturated carbocycles. The van der Waals surface area contributed by atoms with Crippen LogP contribution in [0.3, 0.4) is 0 Å². The number of thiophene rings is 1. The van der Waals surface area contributed by atoms with Crippen LogP contribution in [-0.2, 0) is 30.9 Å². The van der Waals surface area contributed by atoms with E-state index in [0.717, 1.165) is 36.7 Å². The maximum atomic E-state index is 12.6. The van der Waals surface area contributed by atoms with Crippen LogP contribution < -0.4 is 0 Å². The first-order valence-electron chi connectivity index (χ1n) is 8.14. The quantitative estimate of drug-likeness (QED) is 0.846. The Hall–Kier alpha value is -1.66. The van der Waals surface area contributed by atoms with Gasteiger partial charge in [-0.15, -0.1) is 0 Å². The van der Waals surface area contributed by atoms with Gasteiger partial charge in [-0.1, -0.05) is 0 Å². The molecule has 5 nitrogen and oxygen atoms in total. The summed E-state index contributed by atoms with van der Waals surface area (Å²) in [5.74, 6) is 0.912. The summed E-state index contributed by atoms with van der Waals surface area (Å²) in [5, 5.41) is 8.65. The molecule has 1 aliphatic heterocycles. The number of amides is 1. The Balaban J connectivity index is 1.59. The highest BCUT2D eigenvalue weighted by molar-refractivity contribution is 7.08. The monoisotopic (exact) mass is 331 g/mol. The first-order chi connectivity index (χ1) is 11.3. The molecule has 2 aromatic rings. The number of aromatic nitrogens is 2. The van der Waals surface area contributed by atoms with E-state index in [1.54, 1.807) is 18.4 Å². The van der Waals surface area contributed by atoms with Crippen molar-refractivity contribution in [2.45, 2.75) is 39.0 Å². The molecule has 0 spiro atoms. The van der Waals surface area contributed by atoms with Crippen LogP contribution in [0.25, 0.3) is 0 Å². The number of carbonyl (C=O) groups excluding carboxylic acids is 1. The summed E-state index contributed by atoms with van der Waals surface area (Å²) >= 11 is 1.56. The number of fused-ring (bicyclic) bond motifs is 1. The van der Waals surface area contributed by atoms with Crippen molar-refractivity contribution in [2.75, 3.05) is 13.7 Å². The molecule has 6 heteroatoms. The molecule has 4 rings (SSSR count). The molecule has 2 aliphatic rings. The third-order valence-electron chi connectivity index (χ3n) is 4.68. The lowest BCUT2D eigenvalue weighted by Gasteiger charge is -2.27. The van der Waals surface area contributed by atoms with Gasteiger partial charge in [0.05, 0.1) is 17.9 Å². The van der Waals surface area contributed by atoms with E-state index in [-0.39, 0.29) is 5.91 Å². The Labute approximate surface area is 139 Å². The summed E-state index contributed by atoms with van der Waals surface area (Å²) < 4.78 is 7.49. The maximum Gasteiger partial charge on any atom is 0.255 e. The van der Waals surface area contributed by atoms with Gasteiger partial charge in [-0.25, -0.2) is 0 Å². The summed E-state index contributed by atoms with van der Waals surface area (Å²) in [6.07, 6.45) is 3.52. The van der Waals surface area contributed by atoms with Crippen LogP contribution in [0.2, 0.25) is 0 Å². The first-order valence-corrected chi connectivity index (χ1v) is 9.08. The van der Waals surface area contributed by atoms with Crippen LogP contribution in [-0.4, -0.2) is 34.2 Å². The lowest BCUT2D eigenvalue weighted by atomic mass is 10.0. The highest BCUT2D eigenvalue weighted by atomic mass is 32.1. The topological polar surface area (TPSA) is 47.4 Å². The van der Waals surface area contributed by atoms with Gasteiger partial charge in [-0.05, 0) is 30.2 Å². The number of hydrogen-bond acceptors (Lipinski definition) is 4. The van der Waals surface area contributed by atoms with Crippen LogP contribution in [0.5, 0.6) is 0 Å². The zero-order valence-corrected chi connectivity index (χ0v) is 14.1. The Morgan fingerprint density at radius 2 is 2.35 bits per heavy atom. The molecule has 0 bridgehead atoms. The SMILES string of the molecule is COCc1nn(CC2CC2)c2c1CN(C(=O)c1ccsc1)CC2. The molecule has 1 amide bonds. The van der Waals surface area contributed by atoms with Crippen LogP contribution >= 0.6 is 11.3 Å². The third-order valence-corrected chi connectivity index (χ3v) is 5.36. The normalized spacial score (nSPS) is 17.3. The molecule has 0 aromatic carbocycles. The smallest absolute Gasteiger partial charge is 0.255 e. The number of nitrogens with zero attached hydrogens (tertiary/aromatic N) is 3. The minimum atomic E-state index is 0.121. The van der Waals surface area contributed by atoms with Gasteiger partial charge in [0.1, 0.15) is 0 Å². The van der Waals surface area contributed by atoms with Gasteiger partial charge >= 0.3 is 0 Å². The van der Waals surface area contributed by atoms with E-state index in [1.807, 2.05) is 21.7 Å². The fourth-order valence-corrected chi connectivity index (χ4v) is 3.88. The Morgan fingerprint density at radius 3 is 3.04 bits per heavy atom. The van der Waals surface area contributed by atoms with Gasteiger partial charge < -0.3 is 9.64 Å². The van der Waals surface area contributed by atoms with Crippen molar-refractivity contribution in [1.82, 2.24) is 14.7 Å². The van der Waals surface area contributed by atoms with Gasteiger partial charge in [0.25, 0.3) is 5.91 Å². The molecule has 0 N–H and O–H groups in total. The molecule has 2 aromatic heterocycles. The lowest BCUT2D eigenvalue weighted by Crippen LogP contribution is -2.36. The van der Waals surface area contributed by atoms with Crippen LogP contribution in [0, 0.1) is 5.92 Å². The molecule has 122 valence electrons. The maximum absolute atomic E-state index is 12.6. The Kier molecular flexibility index (Phi) is 3.95. The van der Waals surface area contributed by atoms with Crippen molar-refractivity contribution >= 4 is 17.2 Å². The van der Waals surface area contributed by atoms with Crippen molar-refractivity contribution in [3.8, 4) is 0 Å². The molecule has 0 saturated heterocycles. The highest BCUT2D eigenvalue weighted by Crippen LogP contribution is 2.33. The average molecular weight is 331 g/mol. The summed E-state index contributed by atoms with van der Waals surface area (Å²) in [4.78, 5) is 14.5. The standard InChI is InChI=1S/C17H21N3O2S/c1-22-10-15-14-9-19(17(21)13-5-7-23-11-13)6-4-16(14)20(18-15)8-12-2-3-12/h5,7,11-12H,2-4,6,8-10H2,1H3. The van der Waals surface area contributed by atoms with Crippen molar-refractivity contribution in [1.29, 1.82) is 0 Å². The minimum absolute atomic E-state index is 0.121. The number of methoxy groups -OCH3 is 1. The molecule has 0 unspecified atom stereocenters. The van der Waals surface area contributed by atoms with E-state index in [4.69, 9.17) is 9.84 Å². The Morgan fingerprint density at radius 1 is 1.48 bits per heavy atom. The van der Waals surface area contributed by atoms with E-state index < -0.39 is 0 Å². The number of carbonyl (C=O) groups is 1. The molecule has 3 heterocycles. The Bertz CT molecular complexity index is 704. The second-order valence-corrected chi connectivity index (χ2v) is 7.20. The van der Waals surface area contributed by atoms with Gasteiger partial charge in [-0.2, -0.15) is 16.4 Å². The summed E-state index contributed by atoms with van der Waals surface area (Å²) in [7, 11) is 1.70. The minimum Gasteiger partial charge on any atom is -0.378 e.